The highest BCUT2D eigenvalue weighted by Gasteiger charge is 2.30. The number of pyridine rings is 6. The van der Waals surface area contributed by atoms with Gasteiger partial charge in [0.25, 0.3) is 29.5 Å². The van der Waals surface area contributed by atoms with Gasteiger partial charge in [0.15, 0.2) is 17.3 Å². The van der Waals surface area contributed by atoms with Gasteiger partial charge >= 0.3 is 6.18 Å². The van der Waals surface area contributed by atoms with Crippen LogP contribution in [0.15, 0.2) is 345 Å². The quantitative estimate of drug-likeness (QED) is 0.0171. The molecule has 18 aromatic rings. The number of carbonyl (C=O) groups is 6. The summed E-state index contributed by atoms with van der Waals surface area (Å²) in [7, 11) is 1.62. The van der Waals surface area contributed by atoms with E-state index in [4.69, 9.17) is 18.9 Å². The summed E-state index contributed by atoms with van der Waals surface area (Å²) in [5.74, 6) is 1.08. The van der Waals surface area contributed by atoms with Crippen LogP contribution in [0, 0.1) is 5.82 Å². The summed E-state index contributed by atoms with van der Waals surface area (Å²) in [6.07, 6.45) is 7.44. The summed E-state index contributed by atoms with van der Waals surface area (Å²) in [4.78, 5) is 108. The Balaban J connectivity index is 0.000000129. The molecule has 1 saturated heterocycles. The SMILES string of the molecule is COc1ccc(CNC(=O)c2cnc3c(S)cccc3c2)cc1.O=C(CCCc1cccs1)c1ccnc2c(S)cccc12.O=C(NCc1ccc(C(F)(F)F)cc1)c1cnc2c(S)cccc2c1.O=C(NCc1ccc(F)cc1)c1cnc2c(S)cccc2c1.O=C(NCc1ccc(N2CCOCC2)cc1)c1cnc2c(S)cccc2c1.O=C(NCc1ccc2c(c1)OCO2)c1cnc2c(S)cccc2c1. The number of thiol groups is 6. The first-order valence-electron chi connectivity index (χ1n) is 44.6. The zero-order chi connectivity index (χ0) is 99.6. The summed E-state index contributed by atoms with van der Waals surface area (Å²) < 4.78 is 71.5. The minimum Gasteiger partial charge on any atom is -0.497 e. The lowest BCUT2D eigenvalue weighted by molar-refractivity contribution is -0.137. The number of nitrogens with zero attached hydrogens (tertiary/aromatic N) is 7. The van der Waals surface area contributed by atoms with Gasteiger partial charge in [-0.3, -0.25) is 58.7 Å². The molecule has 0 bridgehead atoms. The van der Waals surface area contributed by atoms with Gasteiger partial charge in [-0.2, -0.15) is 13.2 Å². The maximum Gasteiger partial charge on any atom is 0.416 e. The Labute approximate surface area is 851 Å². The standard InChI is InChI=1S/C21H21N3O2S.C18H13F3N2OS.C18H14N2O3S.C18H16N2O2S.C17H13FN2OS.C17H15NOS2/c25-21(17-12-16-2-1-3-19(27)20(16)22-14-17)23-13-15-4-6-18(7-5-15)24-8-10-26-11-9-24;19-18(20,21)14-6-4-11(5-7-14)9-23-17(24)13-8-12-2-1-3-15(25)16(12)22-10-13;21-18(13-7-12-2-1-3-16(24)17(12)19-9-13)20-8-11-4-5-14-15(6-11)23-10-22-14;1-22-15-7-5-12(6-8-15)10-20-18(21)14-9-13-3-2-4-16(23)17(13)19-11-14;18-14-6-4-11(5-7-14)9-20-17(21)13-8-12-2-1-3-15(22)16(12)19-10-13;19-15(7-1-4-12-5-3-11-21-12)13-9-10-18-17-14(13)6-2-8-16(17)20/h1-7,12,14,27H,8-11,13H2,(H,23,25);1-8,10,25H,9H2,(H,23,24);1-7,9,24H,8,10H2,(H,20,21);2-9,11,23H,10H2,1H3,(H,20,21);1-8,10,22H,9H2,(H,20,21);2-3,5-6,8-11,20H,1,4,7H2. The molecule has 1 fully saturated rings. The molecular formula is C109H92F4N12O10S7. The Kier molecular flexibility index (Phi) is 35.3. The number of nitrogens with one attached hydrogen (secondary N) is 5. The third-order valence-electron chi connectivity index (χ3n) is 22.6. The highest BCUT2D eigenvalue weighted by molar-refractivity contribution is 7.81. The van der Waals surface area contributed by atoms with Crippen LogP contribution in [0.3, 0.4) is 0 Å². The zero-order valence-electron chi connectivity index (χ0n) is 76.0. The van der Waals surface area contributed by atoms with E-state index in [2.05, 4.69) is 173 Å². The van der Waals surface area contributed by atoms with Crippen molar-refractivity contribution in [3.05, 3.63) is 393 Å². The van der Waals surface area contributed by atoms with Crippen LogP contribution in [0.1, 0.15) is 113 Å². The lowest BCUT2D eigenvalue weighted by Crippen LogP contribution is -2.36. The molecule has 33 heteroatoms. The highest BCUT2D eigenvalue weighted by Crippen LogP contribution is 2.35. The Morgan fingerprint density at radius 2 is 0.768 bits per heavy atom. The van der Waals surface area contributed by atoms with Crippen molar-refractivity contribution in [3.63, 3.8) is 0 Å². The number of thiophene rings is 1. The van der Waals surface area contributed by atoms with Crippen LogP contribution in [-0.2, 0) is 50.1 Å². The van der Waals surface area contributed by atoms with Gasteiger partial charge < -0.3 is 50.4 Å². The Hall–Kier alpha value is -14.4. The second-order valence-electron chi connectivity index (χ2n) is 32.3. The number of ketones is 1. The largest absolute Gasteiger partial charge is 0.497 e. The summed E-state index contributed by atoms with van der Waals surface area (Å²) in [5, 5.41) is 21.5. The van der Waals surface area contributed by atoms with Crippen molar-refractivity contribution >= 4 is 194 Å². The molecule has 142 heavy (non-hydrogen) atoms. The fourth-order valence-electron chi connectivity index (χ4n) is 15.0. The van der Waals surface area contributed by atoms with Gasteiger partial charge in [0.05, 0.1) is 86.8 Å². The summed E-state index contributed by atoms with van der Waals surface area (Å²) in [6.45, 7) is 5.41. The van der Waals surface area contributed by atoms with E-state index in [1.165, 1.54) is 47.2 Å². The molecule has 0 aliphatic carbocycles. The number of aromatic nitrogens is 6. The van der Waals surface area contributed by atoms with Crippen LogP contribution in [0.2, 0.25) is 0 Å². The smallest absolute Gasteiger partial charge is 0.416 e. The van der Waals surface area contributed by atoms with Crippen LogP contribution in [0.25, 0.3) is 65.4 Å². The van der Waals surface area contributed by atoms with Gasteiger partial charge in [-0.25, -0.2) is 4.39 Å². The molecule has 718 valence electrons. The number of methoxy groups -OCH3 is 1. The van der Waals surface area contributed by atoms with Crippen molar-refractivity contribution in [1.29, 1.82) is 0 Å². The number of aryl methyl sites for hydroxylation is 1. The molecule has 20 rings (SSSR count). The molecule has 0 saturated carbocycles. The van der Waals surface area contributed by atoms with Crippen LogP contribution in [-0.4, -0.2) is 105 Å². The number of Topliss-reactive ketones (excluding diaryl/α,β-unsaturated/α-hetero) is 1. The summed E-state index contributed by atoms with van der Waals surface area (Å²) in [6, 6.07) is 81.0. The highest BCUT2D eigenvalue weighted by atomic mass is 32.1. The van der Waals surface area contributed by atoms with Gasteiger partial charge in [-0.15, -0.1) is 87.1 Å². The first-order chi connectivity index (χ1) is 68.8. The topological polar surface area (TPSA) is 280 Å². The molecular weight excluding hydrogens is 1940 g/mol. The molecule has 11 aromatic carbocycles. The van der Waals surface area contributed by atoms with Crippen LogP contribution >= 0.6 is 87.1 Å². The monoisotopic (exact) mass is 2030 g/mol. The first-order valence-corrected chi connectivity index (χ1v) is 48.1. The second-order valence-corrected chi connectivity index (χ2v) is 36.2. The fourth-order valence-corrected chi connectivity index (χ4v) is 17.4. The molecule has 0 atom stereocenters. The van der Waals surface area contributed by atoms with Crippen LogP contribution in [0.5, 0.6) is 17.2 Å². The van der Waals surface area contributed by atoms with E-state index in [-0.39, 0.29) is 54.5 Å². The van der Waals surface area contributed by atoms with E-state index in [0.717, 1.165) is 175 Å². The molecule has 7 aromatic heterocycles. The molecule has 5 N–H and O–H groups in total. The molecule has 9 heterocycles. The van der Waals surface area contributed by atoms with Crippen LogP contribution < -0.4 is 45.7 Å². The number of halogens is 4. The Bertz CT molecular complexity index is 7570. The maximum atomic E-state index is 12.8. The number of anilines is 1. The van der Waals surface area contributed by atoms with Gasteiger partial charge in [0, 0.05) is 167 Å². The van der Waals surface area contributed by atoms with Crippen LogP contribution in [0.4, 0.5) is 23.2 Å². The number of carbonyl (C=O) groups excluding carboxylic acids is 6. The number of ether oxygens (including phenoxy) is 4. The van der Waals surface area contributed by atoms with E-state index >= 15 is 0 Å². The number of hydrogen-bond acceptors (Lipinski definition) is 24. The molecule has 0 unspecified atom stereocenters. The lowest BCUT2D eigenvalue weighted by atomic mass is 10.0. The van der Waals surface area contributed by atoms with Crippen molar-refractivity contribution in [2.45, 2.75) is 87.5 Å². The van der Waals surface area contributed by atoms with Crippen molar-refractivity contribution in [2.24, 2.45) is 0 Å². The minimum atomic E-state index is -4.37. The van der Waals surface area contributed by atoms with Crippen molar-refractivity contribution in [3.8, 4) is 17.2 Å². The molecule has 2 aliphatic rings. The number of fused-ring (bicyclic) bond motifs is 7. The molecule has 0 spiro atoms. The van der Waals surface area contributed by atoms with Gasteiger partial charge in [0.1, 0.15) is 11.6 Å². The van der Waals surface area contributed by atoms with E-state index in [1.807, 2.05) is 182 Å². The van der Waals surface area contributed by atoms with E-state index in [0.29, 0.717) is 82.1 Å². The predicted molar refractivity (Wildman–Crippen MR) is 564 cm³/mol. The second kappa shape index (κ2) is 49.1. The van der Waals surface area contributed by atoms with E-state index in [1.54, 1.807) is 67.5 Å². The van der Waals surface area contributed by atoms with Gasteiger partial charge in [-0.05, 0) is 186 Å². The summed E-state index contributed by atoms with van der Waals surface area (Å²) >= 11 is 27.9. The number of hydrogen-bond donors (Lipinski definition) is 11. The molecule has 2 aliphatic heterocycles. The predicted octanol–water partition coefficient (Wildman–Crippen LogP) is 22.8. The number of rotatable bonds is 22. The third-order valence-corrected chi connectivity index (χ3v) is 25.7. The number of benzene rings is 11. The van der Waals surface area contributed by atoms with E-state index < -0.39 is 11.7 Å². The van der Waals surface area contributed by atoms with Crippen molar-refractivity contribution in [1.82, 2.24) is 56.5 Å². The lowest BCUT2D eigenvalue weighted by Gasteiger charge is -2.28. The Morgan fingerprint density at radius 3 is 1.16 bits per heavy atom. The average Bonchev–Trinajstić information content (AvgIpc) is 0.927. The van der Waals surface area contributed by atoms with Gasteiger partial charge in [0.2, 0.25) is 6.79 Å². The Morgan fingerprint density at radius 1 is 0.401 bits per heavy atom. The van der Waals surface area contributed by atoms with E-state index in [9.17, 15) is 46.3 Å². The first kappa shape index (κ1) is 102. The average molecular weight is 2030 g/mol. The fraction of sp³-hybridized carbons (Fsp3) is 0.138. The number of morpholine rings is 1. The third kappa shape index (κ3) is 27.6. The minimum absolute atomic E-state index is 0.127. The maximum absolute atomic E-state index is 12.8. The number of amides is 5. The molecule has 0 radical (unpaired) electrons. The normalized spacial score (nSPS) is 11.8. The number of alkyl halides is 3. The van der Waals surface area contributed by atoms with Crippen molar-refractivity contribution in [2.75, 3.05) is 45.1 Å². The molecule has 5 amide bonds. The summed E-state index contributed by atoms with van der Waals surface area (Å²) in [5.41, 5.74) is 12.7. The van der Waals surface area contributed by atoms with Gasteiger partial charge in [-0.1, -0.05) is 133 Å². The number of para-hydroxylation sites is 6. The zero-order valence-corrected chi connectivity index (χ0v) is 82.2. The van der Waals surface area contributed by atoms with Crippen molar-refractivity contribution < 1.29 is 65.3 Å². The molecule has 22 nitrogen and oxygen atoms in total.